The quantitative estimate of drug-likeness (QED) is 0.0320. The van der Waals surface area contributed by atoms with Gasteiger partial charge in [0.1, 0.15) is 89.5 Å². The Morgan fingerprint density at radius 2 is 1.31 bits per heavy atom. The average Bonchev–Trinajstić information content (AvgIpc) is 0.858. The number of amides is 7. The molecule has 8 aliphatic heterocycles. The molecular weight excluding hydrogens is 1620 g/mol. The molecule has 0 spiro atoms. The minimum absolute atomic E-state index is 0.0855. The van der Waals surface area contributed by atoms with Crippen molar-refractivity contribution in [2.75, 3.05) is 59.5 Å². The van der Waals surface area contributed by atoms with Gasteiger partial charge in [-0.25, -0.2) is 4.79 Å². The Balaban J connectivity index is 1.09. The highest BCUT2D eigenvalue weighted by molar-refractivity contribution is 6.32. The number of nitrogens with zero attached hydrogens (tertiary/aromatic N) is 1. The number of likely N-dealkylation sites (N-methyl/N-ethyl adjacent to an activating group) is 1. The summed E-state index contributed by atoms with van der Waals surface area (Å²) in [6.07, 6.45) is -8.37. The summed E-state index contributed by atoms with van der Waals surface area (Å²) >= 11 is 14.4. The molecule has 8 aliphatic rings. The fraction of sp³-hybridized carbons (Fsp3) is 0.542. The Hall–Kier alpha value is -9.32. The number of aliphatic hydroxyl groups is 5. The molecule has 0 unspecified atom stereocenters. The van der Waals surface area contributed by atoms with Crippen LogP contribution in [-0.4, -0.2) is 237 Å². The number of unbranched alkanes of at least 4 members (excludes halogenated alkanes) is 7. The monoisotopic (exact) mass is 1730 g/mol. The number of halogens is 2. The number of nitrogens with two attached hydrogens (primary N) is 2. The van der Waals surface area contributed by atoms with E-state index in [0.29, 0.717) is 26.2 Å². The SMILES string of the molecule is CCCCCCCCCCNCCN[C@@]1(C)C[C@H](O[C@H]2[C@H](Oc3c4cc5cc3Oc3ccc(cc3Cl)[C@@H](O)[C@@H](NC(=O)[C@@H](CC(C)C)NC)C(=O)N[C@@H](CC(N)=O)C(=O)N[C@H]5C(=O)N[C@H]3C(=O)N[C@H](C(=O)N[C@H](C(=O)O)c5cc(O)c(CN6CCOCC6)c(O)c5-c5cc3ccc5O)[C@H](O)c3ccc(c(Cl)c3)O4)O[C@H](CN)[C@@H](O)[C@@H]2O)O[C@@H](C)[C@H]1O. The molecule has 11 bridgehead atoms. The minimum Gasteiger partial charge on any atom is -0.507 e. The third-order valence-corrected chi connectivity index (χ3v) is 23.2. The van der Waals surface area contributed by atoms with Crippen molar-refractivity contribution in [3.8, 4) is 57.1 Å². The third-order valence-electron chi connectivity index (χ3n) is 22.6. The molecule has 8 heterocycles. The molecule has 0 aromatic heterocycles. The van der Waals surface area contributed by atoms with E-state index in [1.54, 1.807) is 18.7 Å². The van der Waals surface area contributed by atoms with Gasteiger partial charge in [-0.2, -0.15) is 0 Å². The lowest BCUT2D eigenvalue weighted by Gasteiger charge is -2.48. The fourth-order valence-corrected chi connectivity index (χ4v) is 16.3. The number of morpholine rings is 1. The highest BCUT2D eigenvalue weighted by Crippen LogP contribution is 2.51. The van der Waals surface area contributed by atoms with E-state index < -0.39 is 231 Å². The van der Waals surface area contributed by atoms with Crippen LogP contribution in [0.15, 0.2) is 72.8 Å². The first-order valence-electron chi connectivity index (χ1n) is 40.7. The van der Waals surface area contributed by atoms with Crippen molar-refractivity contribution in [3.05, 3.63) is 116 Å². The number of benzene rings is 5. The number of phenolic OH excluding ortho intramolecular Hbond substituents is 3. The molecule has 7 amide bonds. The molecule has 0 saturated carbocycles. The lowest BCUT2D eigenvalue weighted by Crippen LogP contribution is -2.66. The Morgan fingerprint density at radius 3 is 1.93 bits per heavy atom. The number of rotatable bonds is 28. The second-order valence-corrected chi connectivity index (χ2v) is 32.8. The van der Waals surface area contributed by atoms with Gasteiger partial charge in [0.25, 0.3) is 0 Å². The van der Waals surface area contributed by atoms with Crippen molar-refractivity contribution in [3.63, 3.8) is 0 Å². The van der Waals surface area contributed by atoms with Crippen LogP contribution in [0, 0.1) is 5.92 Å². The third kappa shape index (κ3) is 22.0. The van der Waals surface area contributed by atoms with Crippen LogP contribution in [0.25, 0.3) is 11.1 Å². The van der Waals surface area contributed by atoms with Crippen LogP contribution in [0.4, 0.5) is 0 Å². The van der Waals surface area contributed by atoms with Crippen LogP contribution in [0.3, 0.4) is 0 Å². The summed E-state index contributed by atoms with van der Waals surface area (Å²) in [5.41, 5.74) is 8.10. The number of nitrogens with one attached hydrogen (secondary N) is 9. The number of phenols is 3. The molecule has 3 fully saturated rings. The molecular formula is C83H110Cl2N12O24. The maximum absolute atomic E-state index is 16.4. The molecule has 121 heavy (non-hydrogen) atoms. The molecule has 3 saturated heterocycles. The zero-order valence-electron chi connectivity index (χ0n) is 68.0. The average molecular weight is 1730 g/mol. The largest absolute Gasteiger partial charge is 0.507 e. The number of aromatic hydroxyl groups is 3. The molecule has 22 N–H and O–H groups in total. The number of hydrogen-bond acceptors (Lipinski definition) is 28. The lowest BCUT2D eigenvalue weighted by atomic mass is 9.85. The molecule has 0 radical (unpaired) electrons. The first kappa shape index (κ1) is 92.4. The molecule has 5 aromatic rings. The second kappa shape index (κ2) is 41.2. The molecule has 13 rings (SSSR count). The molecule has 18 atom stereocenters. The standard InChI is InChI=1S/C83H110Cl2N12O24/c1-7-8-9-10-11-12-13-14-21-89-22-23-90-83(5)36-60(116-40(4)74(83)106)120-73-71(105)70(104)58(37-86)119-82(73)121-72-56-32-44-33-57(72)118-55-20-17-43(31-49(55)85)68(102)66-80(112)94-64(81(113)114)46-34-53(99)47(38-97-24-26-115-27-25-97)69(103)61(46)45-29-41(15-18-52(45)98)62(77(109)96-66)93-78(110)63(44)92-76(108)51(35-59(87)100)91-79(111)65(95-75(107)50(88-6)28-39(2)3)67(101)42-16-19-54(117-56)48(84)30-42/h15-20,29-34,39-40,50-51,58,60,62-68,70-71,73-74,82,88-90,98-99,101-106H,7-14,21-28,35-38,86H2,1-6H3,(H2,87,100)(H,91,111)(H,92,108)(H,93,110)(H,94,112)(H,95,107)(H,96,109)(H,113,114)/t40-,50+,51-,58+,60-,62+,63+,64-,65+,66-,67+,68+,70+,71-,73+,74+,82-,83-/m0/s1. The van der Waals surface area contributed by atoms with Gasteiger partial charge in [-0.15, -0.1) is 0 Å². The highest BCUT2D eigenvalue weighted by atomic mass is 35.5. The Labute approximate surface area is 708 Å². The van der Waals surface area contributed by atoms with Crippen molar-refractivity contribution in [2.24, 2.45) is 17.4 Å². The van der Waals surface area contributed by atoms with E-state index in [-0.39, 0.29) is 77.3 Å². The molecule has 0 aliphatic carbocycles. The van der Waals surface area contributed by atoms with Gasteiger partial charge in [0.15, 0.2) is 29.9 Å². The van der Waals surface area contributed by atoms with Gasteiger partial charge in [0.05, 0.1) is 53.5 Å². The summed E-state index contributed by atoms with van der Waals surface area (Å²) in [4.78, 5) is 121. The van der Waals surface area contributed by atoms with E-state index in [1.807, 2.05) is 13.8 Å². The summed E-state index contributed by atoms with van der Waals surface area (Å²) in [6, 6.07) is -0.878. The summed E-state index contributed by atoms with van der Waals surface area (Å²) in [5, 5.41) is 132. The first-order valence-corrected chi connectivity index (χ1v) is 41.5. The molecule has 5 aromatic carbocycles. The number of aliphatic hydroxyl groups excluding tert-OH is 5. The van der Waals surface area contributed by atoms with Gasteiger partial charge < -0.3 is 138 Å². The predicted molar refractivity (Wildman–Crippen MR) is 437 cm³/mol. The van der Waals surface area contributed by atoms with Gasteiger partial charge in [-0.3, -0.25) is 38.5 Å². The van der Waals surface area contributed by atoms with Crippen LogP contribution in [0.2, 0.25) is 10.0 Å². The van der Waals surface area contributed by atoms with Crippen LogP contribution in [0.5, 0.6) is 46.0 Å². The van der Waals surface area contributed by atoms with Crippen molar-refractivity contribution in [1.82, 2.24) is 52.8 Å². The number of fused-ring (bicyclic) bond motifs is 15. The summed E-state index contributed by atoms with van der Waals surface area (Å²) < 4.78 is 45.4. The number of ether oxygens (including phenoxy) is 7. The number of carboxylic acids is 1. The first-order chi connectivity index (χ1) is 57.7. The number of aliphatic carboxylic acids is 1. The summed E-state index contributed by atoms with van der Waals surface area (Å²) in [5.74, 6) is -15.5. The van der Waals surface area contributed by atoms with Crippen molar-refractivity contribution in [2.45, 2.75) is 221 Å². The maximum Gasteiger partial charge on any atom is 0.330 e. The Kier molecular flexibility index (Phi) is 31.5. The number of hydrogen-bond donors (Lipinski definition) is 20. The van der Waals surface area contributed by atoms with E-state index in [0.717, 1.165) is 68.3 Å². The lowest BCUT2D eigenvalue weighted by molar-refractivity contribution is -0.331. The molecule has 38 heteroatoms. The van der Waals surface area contributed by atoms with E-state index in [2.05, 4.69) is 54.8 Å². The fourth-order valence-electron chi connectivity index (χ4n) is 15.8. The van der Waals surface area contributed by atoms with Gasteiger partial charge >= 0.3 is 5.97 Å². The van der Waals surface area contributed by atoms with Crippen LogP contribution >= 0.6 is 23.2 Å². The summed E-state index contributed by atoms with van der Waals surface area (Å²) in [7, 11) is 1.49. The van der Waals surface area contributed by atoms with E-state index in [1.165, 1.54) is 69.5 Å². The van der Waals surface area contributed by atoms with E-state index >= 15 is 24.0 Å². The number of primary amides is 1. The predicted octanol–water partition coefficient (Wildman–Crippen LogP) is 3.27. The Bertz CT molecular complexity index is 4570. The van der Waals surface area contributed by atoms with Crippen LogP contribution < -0.4 is 73.5 Å². The van der Waals surface area contributed by atoms with E-state index in [4.69, 9.17) is 67.8 Å². The topological polar surface area (TPSA) is 547 Å². The van der Waals surface area contributed by atoms with Crippen LogP contribution in [0.1, 0.15) is 169 Å². The van der Waals surface area contributed by atoms with Gasteiger partial charge in [0.2, 0.25) is 53.4 Å². The zero-order valence-corrected chi connectivity index (χ0v) is 69.5. The van der Waals surface area contributed by atoms with Crippen LogP contribution in [-0.2, 0) is 63.8 Å². The van der Waals surface area contributed by atoms with Crippen molar-refractivity contribution in [1.29, 1.82) is 0 Å². The normalized spacial score (nSPS) is 27.5. The van der Waals surface area contributed by atoms with Gasteiger partial charge in [-0.05, 0) is 123 Å². The van der Waals surface area contributed by atoms with Gasteiger partial charge in [0, 0.05) is 67.9 Å². The Morgan fingerprint density at radius 1 is 0.694 bits per heavy atom. The zero-order chi connectivity index (χ0) is 87.4. The van der Waals surface area contributed by atoms with Crippen molar-refractivity contribution >= 4 is 70.5 Å². The minimum atomic E-state index is -2.35. The number of carbonyl (C=O) groups is 8. The smallest absolute Gasteiger partial charge is 0.330 e. The van der Waals surface area contributed by atoms with E-state index in [9.17, 15) is 60.3 Å². The molecule has 660 valence electrons. The van der Waals surface area contributed by atoms with Crippen molar-refractivity contribution < 1.29 is 117 Å². The maximum atomic E-state index is 16.4. The summed E-state index contributed by atoms with van der Waals surface area (Å²) in [6.45, 7) is 11.4. The second-order valence-electron chi connectivity index (χ2n) is 32.0. The molecule has 36 nitrogen and oxygen atoms in total. The number of carboxylic acid groups (broad SMARTS) is 1. The van der Waals surface area contributed by atoms with Gasteiger partial charge in [-0.1, -0.05) is 107 Å². The highest BCUT2D eigenvalue weighted by Gasteiger charge is 2.52. The number of carbonyl (C=O) groups excluding carboxylic acids is 7.